The summed E-state index contributed by atoms with van der Waals surface area (Å²) >= 11 is 11.8. The van der Waals surface area contributed by atoms with Gasteiger partial charge in [-0.05, 0) is 41.3 Å². The number of benzene rings is 2. The molecule has 0 aliphatic rings. The molecule has 0 aliphatic carbocycles. The molecule has 23 heavy (non-hydrogen) atoms. The molecule has 6 heteroatoms. The molecule has 0 bridgehead atoms. The van der Waals surface area contributed by atoms with E-state index < -0.39 is 5.56 Å². The van der Waals surface area contributed by atoms with Gasteiger partial charge in [0.05, 0.1) is 16.3 Å². The van der Waals surface area contributed by atoms with Crippen molar-refractivity contribution < 1.29 is 4.79 Å². The summed E-state index contributed by atoms with van der Waals surface area (Å²) in [7, 11) is 0. The van der Waals surface area contributed by atoms with Gasteiger partial charge in [0.25, 0.3) is 5.56 Å². The van der Waals surface area contributed by atoms with Crippen LogP contribution in [-0.4, -0.2) is 10.8 Å². The summed E-state index contributed by atoms with van der Waals surface area (Å²) in [5, 5.41) is 1.69. The van der Waals surface area contributed by atoms with Crippen LogP contribution in [0.4, 0.5) is 5.69 Å². The smallest absolute Gasteiger partial charge is 0.259 e. The zero-order chi connectivity index (χ0) is 16.6. The van der Waals surface area contributed by atoms with Crippen LogP contribution < -0.4 is 11.3 Å². The van der Waals surface area contributed by atoms with Crippen LogP contribution in [0.2, 0.25) is 10.0 Å². The number of nitrogens with one attached hydrogen (secondary N) is 1. The van der Waals surface area contributed by atoms with E-state index in [2.05, 4.69) is 4.98 Å². The van der Waals surface area contributed by atoms with Crippen molar-refractivity contribution in [3.05, 3.63) is 74.0 Å². The summed E-state index contributed by atoms with van der Waals surface area (Å²) in [6, 6.07) is 11.7. The van der Waals surface area contributed by atoms with E-state index in [1.165, 1.54) is 0 Å². The molecule has 0 saturated heterocycles. The minimum Gasteiger partial charge on any atom is -0.398 e. The third kappa shape index (κ3) is 3.23. The van der Waals surface area contributed by atoms with Crippen molar-refractivity contribution in [3.63, 3.8) is 0 Å². The van der Waals surface area contributed by atoms with Crippen molar-refractivity contribution in [2.45, 2.75) is 6.42 Å². The van der Waals surface area contributed by atoms with Crippen molar-refractivity contribution in [1.29, 1.82) is 0 Å². The Morgan fingerprint density at radius 1 is 1.09 bits per heavy atom. The van der Waals surface area contributed by atoms with Crippen LogP contribution in [0.5, 0.6) is 0 Å². The predicted octanol–water partition coefficient (Wildman–Crippen LogP) is 3.84. The quantitative estimate of drug-likeness (QED) is 0.558. The molecule has 3 aromatic rings. The van der Waals surface area contributed by atoms with E-state index >= 15 is 0 Å². The molecule has 0 spiro atoms. The van der Waals surface area contributed by atoms with Gasteiger partial charge in [-0.15, -0.1) is 0 Å². The Kier molecular flexibility index (Phi) is 4.11. The third-order valence-electron chi connectivity index (χ3n) is 3.53. The molecule has 2 aromatic carbocycles. The summed E-state index contributed by atoms with van der Waals surface area (Å²) in [6.45, 7) is 0. The third-order valence-corrected chi connectivity index (χ3v) is 4.11. The molecular formula is C17H12Cl2N2O2. The van der Waals surface area contributed by atoms with E-state index in [0.29, 0.717) is 26.8 Å². The summed E-state index contributed by atoms with van der Waals surface area (Å²) < 4.78 is 0. The minimum absolute atomic E-state index is 0.0730. The first-order valence-electron chi connectivity index (χ1n) is 6.84. The first-order chi connectivity index (χ1) is 10.9. The number of fused-ring (bicyclic) bond motifs is 1. The van der Waals surface area contributed by atoms with Gasteiger partial charge >= 0.3 is 0 Å². The summed E-state index contributed by atoms with van der Waals surface area (Å²) in [4.78, 5) is 27.2. The number of aromatic nitrogens is 1. The number of carbonyl (C=O) groups excluding carboxylic acids is 1. The van der Waals surface area contributed by atoms with Crippen LogP contribution in [-0.2, 0) is 6.42 Å². The number of H-pyrrole nitrogens is 1. The van der Waals surface area contributed by atoms with Gasteiger partial charge in [-0.25, -0.2) is 0 Å². The largest absolute Gasteiger partial charge is 0.398 e. The monoisotopic (exact) mass is 346 g/mol. The van der Waals surface area contributed by atoms with E-state index in [4.69, 9.17) is 28.9 Å². The Bertz CT molecular complexity index is 980. The maximum absolute atomic E-state index is 12.4. The number of halogens is 2. The lowest BCUT2D eigenvalue weighted by Gasteiger charge is -2.05. The highest BCUT2D eigenvalue weighted by atomic mass is 35.5. The van der Waals surface area contributed by atoms with Crippen molar-refractivity contribution in [2.75, 3.05) is 5.73 Å². The topological polar surface area (TPSA) is 76.0 Å². The molecule has 116 valence electrons. The highest BCUT2D eigenvalue weighted by Crippen LogP contribution is 2.21. The highest BCUT2D eigenvalue weighted by molar-refractivity contribution is 6.33. The molecule has 0 radical (unpaired) electrons. The molecule has 0 unspecified atom stereocenters. The molecule has 0 atom stereocenters. The molecule has 0 fully saturated rings. The number of pyridine rings is 1. The SMILES string of the molecule is Nc1cc(CC(=O)c2cc3ccc(Cl)cc3[nH]c2=O)ccc1Cl. The van der Waals surface area contributed by atoms with Gasteiger partial charge in [-0.1, -0.05) is 35.3 Å². The van der Waals surface area contributed by atoms with Gasteiger partial charge < -0.3 is 10.7 Å². The number of aromatic amines is 1. The fourth-order valence-electron chi connectivity index (χ4n) is 2.36. The number of rotatable bonds is 3. The predicted molar refractivity (Wildman–Crippen MR) is 93.5 cm³/mol. The molecule has 0 amide bonds. The van der Waals surface area contributed by atoms with Crippen molar-refractivity contribution in [3.8, 4) is 0 Å². The number of nitrogen functional groups attached to an aromatic ring is 1. The van der Waals surface area contributed by atoms with Crippen LogP contribution in [0.1, 0.15) is 15.9 Å². The van der Waals surface area contributed by atoms with E-state index in [1.807, 2.05) is 0 Å². The fraction of sp³-hybridized carbons (Fsp3) is 0.0588. The number of hydrogen-bond donors (Lipinski definition) is 2. The molecule has 3 rings (SSSR count). The van der Waals surface area contributed by atoms with Gasteiger partial charge in [-0.3, -0.25) is 9.59 Å². The second-order valence-corrected chi connectivity index (χ2v) is 6.04. The van der Waals surface area contributed by atoms with Gasteiger partial charge in [-0.2, -0.15) is 0 Å². The maximum Gasteiger partial charge on any atom is 0.259 e. The van der Waals surface area contributed by atoms with Crippen LogP contribution >= 0.6 is 23.2 Å². The van der Waals surface area contributed by atoms with Gasteiger partial charge in [0.1, 0.15) is 0 Å². The van der Waals surface area contributed by atoms with Gasteiger partial charge in [0.15, 0.2) is 5.78 Å². The van der Waals surface area contributed by atoms with Gasteiger partial charge in [0, 0.05) is 17.0 Å². The average Bonchev–Trinajstić information content (AvgIpc) is 2.50. The summed E-state index contributed by atoms with van der Waals surface area (Å²) in [5.41, 5.74) is 7.09. The normalized spacial score (nSPS) is 10.9. The number of anilines is 1. The number of Topliss-reactive ketones (excluding diaryl/α,β-unsaturated/α-hetero) is 1. The molecule has 1 heterocycles. The second-order valence-electron chi connectivity index (χ2n) is 5.20. The lowest BCUT2D eigenvalue weighted by atomic mass is 10.0. The summed E-state index contributed by atoms with van der Waals surface area (Å²) in [6.07, 6.45) is 0.0730. The van der Waals surface area contributed by atoms with Crippen molar-refractivity contribution >= 4 is 45.6 Å². The van der Waals surface area contributed by atoms with Crippen molar-refractivity contribution in [1.82, 2.24) is 4.98 Å². The van der Waals surface area contributed by atoms with Gasteiger partial charge in [0.2, 0.25) is 0 Å². The first-order valence-corrected chi connectivity index (χ1v) is 7.59. The van der Waals surface area contributed by atoms with Crippen molar-refractivity contribution in [2.24, 2.45) is 0 Å². The Morgan fingerprint density at radius 2 is 1.87 bits per heavy atom. The molecule has 0 aliphatic heterocycles. The lowest BCUT2D eigenvalue weighted by Crippen LogP contribution is -2.19. The summed E-state index contributed by atoms with van der Waals surface area (Å²) in [5.74, 6) is -0.287. The molecule has 0 saturated carbocycles. The molecule has 1 aromatic heterocycles. The van der Waals surface area contributed by atoms with Crippen LogP contribution in [0, 0.1) is 0 Å². The maximum atomic E-state index is 12.4. The van der Waals surface area contributed by atoms with E-state index in [1.54, 1.807) is 42.5 Å². The fourth-order valence-corrected chi connectivity index (χ4v) is 2.65. The Labute approximate surface area is 141 Å². The van der Waals surface area contributed by atoms with Crippen LogP contribution in [0.15, 0.2) is 47.3 Å². The number of ketones is 1. The number of carbonyl (C=O) groups is 1. The Hall–Kier alpha value is -2.30. The molecule has 4 nitrogen and oxygen atoms in total. The minimum atomic E-state index is -0.438. The van der Waals surface area contributed by atoms with E-state index in [9.17, 15) is 9.59 Å². The Balaban J connectivity index is 1.97. The number of hydrogen-bond acceptors (Lipinski definition) is 3. The molecule has 3 N–H and O–H groups in total. The van der Waals surface area contributed by atoms with Crippen LogP contribution in [0.3, 0.4) is 0 Å². The number of nitrogens with two attached hydrogens (primary N) is 1. The van der Waals surface area contributed by atoms with Crippen LogP contribution in [0.25, 0.3) is 10.9 Å². The standard InChI is InChI=1S/C17H12Cl2N2O2/c18-11-3-2-10-7-12(17(23)21-15(10)8-11)16(22)6-9-1-4-13(19)14(20)5-9/h1-5,7-8H,6,20H2,(H,21,23). The second kappa shape index (κ2) is 6.07. The zero-order valence-corrected chi connectivity index (χ0v) is 13.4. The molecular weight excluding hydrogens is 335 g/mol. The lowest BCUT2D eigenvalue weighted by molar-refractivity contribution is 0.0991. The zero-order valence-electron chi connectivity index (χ0n) is 11.9. The highest BCUT2D eigenvalue weighted by Gasteiger charge is 2.13. The first kappa shape index (κ1) is 15.6. The van der Waals surface area contributed by atoms with E-state index in [-0.39, 0.29) is 17.8 Å². The Morgan fingerprint density at radius 3 is 2.61 bits per heavy atom. The van der Waals surface area contributed by atoms with E-state index in [0.717, 1.165) is 5.39 Å². The average molecular weight is 347 g/mol.